The second-order valence-electron chi connectivity index (χ2n) is 6.63. The van der Waals surface area contributed by atoms with Crippen molar-refractivity contribution in [3.8, 4) is 0 Å². The summed E-state index contributed by atoms with van der Waals surface area (Å²) in [7, 11) is 3.23. The van der Waals surface area contributed by atoms with E-state index in [1.807, 2.05) is 6.07 Å². The molecule has 0 unspecified atom stereocenters. The number of ether oxygens (including phenoxy) is 1. The maximum absolute atomic E-state index is 12.7. The summed E-state index contributed by atoms with van der Waals surface area (Å²) in [5, 5.41) is 0. The normalized spacial score (nSPS) is 14.7. The molecule has 0 radical (unpaired) electrons. The second kappa shape index (κ2) is 8.03. The molecule has 1 fully saturated rings. The Morgan fingerprint density at radius 2 is 1.81 bits per heavy atom. The van der Waals surface area contributed by atoms with Crippen molar-refractivity contribution in [1.82, 2.24) is 4.90 Å². The number of rotatable bonds is 5. The molecule has 0 aromatic heterocycles. The Kier molecular flexibility index (Phi) is 5.54. The lowest BCUT2D eigenvalue weighted by molar-refractivity contribution is -0.138. The molecule has 1 saturated heterocycles. The van der Waals surface area contributed by atoms with Crippen molar-refractivity contribution in [2.75, 3.05) is 25.5 Å². The van der Waals surface area contributed by atoms with Crippen molar-refractivity contribution in [3.63, 3.8) is 0 Å². The molecule has 6 nitrogen and oxygen atoms in total. The van der Waals surface area contributed by atoms with Crippen molar-refractivity contribution in [3.05, 3.63) is 65.7 Å². The zero-order chi connectivity index (χ0) is 19.4. The number of esters is 1. The highest BCUT2D eigenvalue weighted by Gasteiger charge is 2.28. The molecule has 0 bridgehead atoms. The highest BCUT2D eigenvalue weighted by Crippen LogP contribution is 2.25. The Morgan fingerprint density at radius 3 is 2.44 bits per heavy atom. The van der Waals surface area contributed by atoms with E-state index in [1.165, 1.54) is 4.90 Å². The Morgan fingerprint density at radius 1 is 1.07 bits per heavy atom. The van der Waals surface area contributed by atoms with Gasteiger partial charge in [0.25, 0.3) is 5.91 Å². The summed E-state index contributed by atoms with van der Waals surface area (Å²) in [4.78, 5) is 40.2. The number of hydrogen-bond acceptors (Lipinski definition) is 4. The molecule has 2 aromatic rings. The van der Waals surface area contributed by atoms with Gasteiger partial charge in [-0.2, -0.15) is 0 Å². The molecule has 6 heteroatoms. The lowest BCUT2D eigenvalue weighted by atomic mass is 10.1. The first-order valence-electron chi connectivity index (χ1n) is 8.85. The molecule has 0 spiro atoms. The number of anilines is 1. The second-order valence-corrected chi connectivity index (χ2v) is 6.63. The molecule has 140 valence electrons. The van der Waals surface area contributed by atoms with Gasteiger partial charge in [-0.1, -0.05) is 36.4 Å². The average Bonchev–Trinajstić information content (AvgIpc) is 3.12. The topological polar surface area (TPSA) is 66.9 Å². The van der Waals surface area contributed by atoms with Crippen LogP contribution in [0.1, 0.15) is 34.9 Å². The van der Waals surface area contributed by atoms with Crippen LogP contribution in [-0.2, 0) is 14.3 Å². The van der Waals surface area contributed by atoms with Crippen LogP contribution in [-0.4, -0.2) is 43.3 Å². The molecule has 1 heterocycles. The number of hydrogen-bond donors (Lipinski definition) is 0. The zero-order valence-electron chi connectivity index (χ0n) is 15.4. The smallest absolute Gasteiger partial charge is 0.339 e. The van der Waals surface area contributed by atoms with Crippen LogP contribution < -0.4 is 4.90 Å². The van der Waals surface area contributed by atoms with Crippen LogP contribution in [0, 0.1) is 0 Å². The van der Waals surface area contributed by atoms with Gasteiger partial charge in [-0.25, -0.2) is 4.79 Å². The molecule has 1 aliphatic heterocycles. The van der Waals surface area contributed by atoms with Crippen LogP contribution in [0.3, 0.4) is 0 Å². The third kappa shape index (κ3) is 4.16. The van der Waals surface area contributed by atoms with Gasteiger partial charge < -0.3 is 14.5 Å². The molecule has 2 aromatic carbocycles. The van der Waals surface area contributed by atoms with Crippen molar-refractivity contribution in [2.45, 2.75) is 18.9 Å². The Bertz CT molecular complexity index is 848. The molecular weight excluding hydrogens is 344 g/mol. The van der Waals surface area contributed by atoms with Gasteiger partial charge >= 0.3 is 5.97 Å². The Balaban J connectivity index is 1.84. The highest BCUT2D eigenvalue weighted by atomic mass is 16.5. The number of benzene rings is 2. The van der Waals surface area contributed by atoms with Gasteiger partial charge in [0.15, 0.2) is 0 Å². The van der Waals surface area contributed by atoms with E-state index in [0.29, 0.717) is 29.8 Å². The van der Waals surface area contributed by atoms with E-state index >= 15 is 0 Å². The highest BCUT2D eigenvalue weighted by molar-refractivity contribution is 5.98. The maximum Gasteiger partial charge on any atom is 0.339 e. The van der Waals surface area contributed by atoms with Crippen molar-refractivity contribution >= 4 is 23.5 Å². The Hall–Kier alpha value is -3.15. The van der Waals surface area contributed by atoms with E-state index in [-0.39, 0.29) is 11.8 Å². The molecule has 27 heavy (non-hydrogen) atoms. The van der Waals surface area contributed by atoms with Crippen LogP contribution in [0.4, 0.5) is 5.69 Å². The van der Waals surface area contributed by atoms with Crippen molar-refractivity contribution < 1.29 is 19.1 Å². The largest absolute Gasteiger partial charge is 0.444 e. The summed E-state index contributed by atoms with van der Waals surface area (Å²) < 4.78 is 5.56. The quantitative estimate of drug-likeness (QED) is 0.763. The van der Waals surface area contributed by atoms with Crippen LogP contribution in [0.5, 0.6) is 0 Å². The molecule has 0 N–H and O–H groups in total. The number of likely N-dealkylation sites (N-methyl/N-ethyl adjacent to an activating group) is 1. The fourth-order valence-electron chi connectivity index (χ4n) is 3.02. The minimum absolute atomic E-state index is 0.0467. The summed E-state index contributed by atoms with van der Waals surface area (Å²) in [6.45, 7) is 0.642. The predicted octanol–water partition coefficient (Wildman–Crippen LogP) is 2.80. The van der Waals surface area contributed by atoms with Gasteiger partial charge in [-0.05, 0) is 24.6 Å². The van der Waals surface area contributed by atoms with E-state index in [1.54, 1.807) is 67.5 Å². The zero-order valence-corrected chi connectivity index (χ0v) is 15.4. The lowest BCUT2D eigenvalue weighted by Crippen LogP contribution is -2.31. The van der Waals surface area contributed by atoms with Crippen LogP contribution in [0.25, 0.3) is 0 Å². The maximum atomic E-state index is 12.7. The van der Waals surface area contributed by atoms with E-state index in [0.717, 1.165) is 6.42 Å². The SMILES string of the molecule is CN(C)C(=O)[C@H](OC(=O)c1cccc(N2CCCC2=O)c1)c1ccccc1. The third-order valence-electron chi connectivity index (χ3n) is 4.46. The molecule has 1 aliphatic rings. The summed E-state index contributed by atoms with van der Waals surface area (Å²) in [5.41, 5.74) is 1.58. The number of nitrogens with zero attached hydrogens (tertiary/aromatic N) is 2. The number of carbonyl (C=O) groups is 3. The first kappa shape index (κ1) is 18.6. The van der Waals surface area contributed by atoms with Gasteiger partial charge in [0, 0.05) is 38.3 Å². The first-order chi connectivity index (χ1) is 13.0. The molecule has 2 amide bonds. The molecule has 0 saturated carbocycles. The molecule has 3 rings (SSSR count). The molecule has 0 aliphatic carbocycles. The summed E-state index contributed by atoms with van der Waals surface area (Å²) >= 11 is 0. The van der Waals surface area contributed by atoms with Crippen LogP contribution in [0.15, 0.2) is 54.6 Å². The molecular formula is C21H22N2O4. The molecule has 1 atom stereocenters. The monoisotopic (exact) mass is 366 g/mol. The van der Waals surface area contributed by atoms with Crippen molar-refractivity contribution in [1.29, 1.82) is 0 Å². The van der Waals surface area contributed by atoms with Gasteiger partial charge in [0.1, 0.15) is 0 Å². The fraction of sp³-hybridized carbons (Fsp3) is 0.286. The van der Waals surface area contributed by atoms with Crippen LogP contribution >= 0.6 is 0 Å². The Labute approximate surface area is 158 Å². The van der Waals surface area contributed by atoms with Gasteiger partial charge in [-0.3, -0.25) is 9.59 Å². The predicted molar refractivity (Wildman–Crippen MR) is 101 cm³/mol. The number of carbonyl (C=O) groups excluding carboxylic acids is 3. The fourth-order valence-corrected chi connectivity index (χ4v) is 3.02. The van der Waals surface area contributed by atoms with E-state index in [4.69, 9.17) is 4.74 Å². The van der Waals surface area contributed by atoms with Gasteiger partial charge in [0.05, 0.1) is 5.56 Å². The summed E-state index contributed by atoms with van der Waals surface area (Å²) in [5.74, 6) is -0.876. The van der Waals surface area contributed by atoms with Crippen LogP contribution in [0.2, 0.25) is 0 Å². The summed E-state index contributed by atoms with van der Waals surface area (Å²) in [6.07, 6.45) is 0.300. The van der Waals surface area contributed by atoms with E-state index < -0.39 is 12.1 Å². The summed E-state index contributed by atoms with van der Waals surface area (Å²) in [6, 6.07) is 15.7. The minimum atomic E-state index is -1.02. The standard InChI is InChI=1S/C21H22N2O4/c1-22(2)20(25)19(15-8-4-3-5-9-15)27-21(26)16-10-6-11-17(14-16)23-13-7-12-18(23)24/h3-6,8-11,14,19H,7,12-13H2,1-2H3/t19-/m1/s1. The average molecular weight is 366 g/mol. The van der Waals surface area contributed by atoms with E-state index in [2.05, 4.69) is 0 Å². The van der Waals surface area contributed by atoms with Crippen molar-refractivity contribution in [2.24, 2.45) is 0 Å². The van der Waals surface area contributed by atoms with E-state index in [9.17, 15) is 14.4 Å². The van der Waals surface area contributed by atoms with Gasteiger partial charge in [0.2, 0.25) is 12.0 Å². The lowest BCUT2D eigenvalue weighted by Gasteiger charge is -2.22. The van der Waals surface area contributed by atoms with Gasteiger partial charge in [-0.15, -0.1) is 0 Å². The third-order valence-corrected chi connectivity index (χ3v) is 4.46. The first-order valence-corrected chi connectivity index (χ1v) is 8.85. The number of amides is 2. The minimum Gasteiger partial charge on any atom is -0.444 e.